The quantitative estimate of drug-likeness (QED) is 0.689. The molecule has 1 aromatic heterocycles. The molecule has 170 valence electrons. The highest BCUT2D eigenvalue weighted by molar-refractivity contribution is 5.93. The molecule has 1 aromatic carbocycles. The van der Waals surface area contributed by atoms with Crippen molar-refractivity contribution in [3.63, 3.8) is 0 Å². The van der Waals surface area contributed by atoms with Crippen LogP contribution in [-0.2, 0) is 17.9 Å². The van der Waals surface area contributed by atoms with Gasteiger partial charge in [0, 0.05) is 38.7 Å². The van der Waals surface area contributed by atoms with Gasteiger partial charge >= 0.3 is 0 Å². The predicted molar refractivity (Wildman–Crippen MR) is 122 cm³/mol. The highest BCUT2D eigenvalue weighted by atomic mass is 16.5. The van der Waals surface area contributed by atoms with Gasteiger partial charge in [0.05, 0.1) is 6.20 Å². The average Bonchev–Trinajstić information content (AvgIpc) is 2.81. The third kappa shape index (κ3) is 5.58. The van der Waals surface area contributed by atoms with Crippen molar-refractivity contribution >= 4 is 11.8 Å². The Balaban J connectivity index is 1.29. The highest BCUT2D eigenvalue weighted by Crippen LogP contribution is 2.26. The first-order valence-corrected chi connectivity index (χ1v) is 11.6. The first kappa shape index (κ1) is 22.1. The van der Waals surface area contributed by atoms with Gasteiger partial charge in [-0.15, -0.1) is 0 Å². The van der Waals surface area contributed by atoms with Crippen LogP contribution in [-0.4, -0.2) is 40.9 Å². The van der Waals surface area contributed by atoms with Crippen LogP contribution in [0.3, 0.4) is 0 Å². The lowest BCUT2D eigenvalue weighted by Gasteiger charge is -2.30. The zero-order chi connectivity index (χ0) is 22.3. The molecule has 0 saturated heterocycles. The summed E-state index contributed by atoms with van der Waals surface area (Å²) in [4.78, 5) is 39.3. The van der Waals surface area contributed by atoms with Crippen LogP contribution in [0.15, 0.2) is 47.4 Å². The molecular weight excluding hydrogens is 406 g/mol. The van der Waals surface area contributed by atoms with E-state index in [2.05, 4.69) is 5.32 Å². The number of benzene rings is 1. The van der Waals surface area contributed by atoms with E-state index in [1.165, 1.54) is 25.3 Å². The van der Waals surface area contributed by atoms with E-state index < -0.39 is 0 Å². The molecule has 0 atom stereocenters. The SMILES string of the molecule is O=C(CC1CCCCC1)NCCN1CCn2cc(OCc3ccccc3)c(=O)cc2C1=O. The molecule has 7 nitrogen and oxygen atoms in total. The summed E-state index contributed by atoms with van der Waals surface area (Å²) < 4.78 is 7.48. The Morgan fingerprint density at radius 1 is 1.06 bits per heavy atom. The number of nitrogens with one attached hydrogen (secondary N) is 1. The Kier molecular flexibility index (Phi) is 7.24. The van der Waals surface area contributed by atoms with E-state index in [9.17, 15) is 14.4 Å². The van der Waals surface area contributed by atoms with Crippen LogP contribution in [0.2, 0.25) is 0 Å². The number of aromatic nitrogens is 1. The van der Waals surface area contributed by atoms with Crippen LogP contribution >= 0.6 is 0 Å². The smallest absolute Gasteiger partial charge is 0.270 e. The molecule has 2 amide bonds. The summed E-state index contributed by atoms with van der Waals surface area (Å²) in [5, 5.41) is 2.95. The number of nitrogens with zero attached hydrogens (tertiary/aromatic N) is 2. The average molecular weight is 438 g/mol. The second-order valence-electron chi connectivity index (χ2n) is 8.71. The second-order valence-corrected chi connectivity index (χ2v) is 8.71. The molecule has 1 saturated carbocycles. The Labute approximate surface area is 188 Å². The van der Waals surface area contributed by atoms with E-state index in [0.29, 0.717) is 50.8 Å². The van der Waals surface area contributed by atoms with Crippen molar-refractivity contribution in [2.75, 3.05) is 19.6 Å². The first-order valence-electron chi connectivity index (χ1n) is 11.6. The maximum Gasteiger partial charge on any atom is 0.270 e. The molecule has 0 radical (unpaired) electrons. The van der Waals surface area contributed by atoms with Crippen molar-refractivity contribution in [1.29, 1.82) is 0 Å². The van der Waals surface area contributed by atoms with E-state index in [0.717, 1.165) is 18.4 Å². The second kappa shape index (κ2) is 10.5. The van der Waals surface area contributed by atoms with Crippen LogP contribution in [0.5, 0.6) is 5.75 Å². The largest absolute Gasteiger partial charge is 0.483 e. The van der Waals surface area contributed by atoms with Crippen molar-refractivity contribution in [3.05, 3.63) is 64.1 Å². The third-order valence-corrected chi connectivity index (χ3v) is 6.35. The van der Waals surface area contributed by atoms with Gasteiger partial charge in [0.25, 0.3) is 5.91 Å². The molecule has 1 fully saturated rings. The summed E-state index contributed by atoms with van der Waals surface area (Å²) in [5.41, 5.74) is 1.03. The van der Waals surface area contributed by atoms with Crippen molar-refractivity contribution in [3.8, 4) is 5.75 Å². The van der Waals surface area contributed by atoms with E-state index in [1.54, 1.807) is 15.7 Å². The Morgan fingerprint density at radius 3 is 2.62 bits per heavy atom. The first-order chi connectivity index (χ1) is 15.6. The molecule has 0 bridgehead atoms. The molecule has 0 unspecified atom stereocenters. The van der Waals surface area contributed by atoms with Gasteiger partial charge in [-0.1, -0.05) is 49.6 Å². The Bertz CT molecular complexity index is 996. The van der Waals surface area contributed by atoms with Gasteiger partial charge in [-0.3, -0.25) is 14.4 Å². The molecule has 7 heteroatoms. The maximum absolute atomic E-state index is 12.9. The number of pyridine rings is 1. The molecule has 1 aliphatic heterocycles. The lowest BCUT2D eigenvalue weighted by atomic mass is 9.87. The Hall–Kier alpha value is -3.09. The van der Waals surface area contributed by atoms with E-state index in [1.807, 2.05) is 30.3 Å². The monoisotopic (exact) mass is 437 g/mol. The molecular formula is C25H31N3O4. The summed E-state index contributed by atoms with van der Waals surface area (Å²) in [6.45, 7) is 2.29. The predicted octanol–water partition coefficient (Wildman–Crippen LogP) is 2.97. The molecule has 32 heavy (non-hydrogen) atoms. The summed E-state index contributed by atoms with van der Waals surface area (Å²) in [7, 11) is 0. The van der Waals surface area contributed by atoms with E-state index in [4.69, 9.17) is 4.74 Å². The fourth-order valence-corrected chi connectivity index (χ4v) is 4.53. The minimum absolute atomic E-state index is 0.0678. The maximum atomic E-state index is 12.9. The third-order valence-electron chi connectivity index (χ3n) is 6.35. The lowest BCUT2D eigenvalue weighted by Crippen LogP contribution is -2.45. The van der Waals surface area contributed by atoms with Gasteiger partial charge in [0.1, 0.15) is 12.3 Å². The van der Waals surface area contributed by atoms with Crippen molar-refractivity contribution in [2.45, 2.75) is 51.7 Å². The highest BCUT2D eigenvalue weighted by Gasteiger charge is 2.25. The van der Waals surface area contributed by atoms with Crippen molar-refractivity contribution in [2.24, 2.45) is 5.92 Å². The van der Waals surface area contributed by atoms with Gasteiger partial charge < -0.3 is 19.5 Å². The van der Waals surface area contributed by atoms with Gasteiger partial charge in [0.2, 0.25) is 11.3 Å². The minimum atomic E-state index is -0.303. The number of hydrogen-bond donors (Lipinski definition) is 1. The molecule has 2 aliphatic rings. The lowest BCUT2D eigenvalue weighted by molar-refractivity contribution is -0.122. The molecule has 1 N–H and O–H groups in total. The van der Waals surface area contributed by atoms with Gasteiger partial charge in [0.15, 0.2) is 5.75 Å². The molecule has 1 aliphatic carbocycles. The summed E-state index contributed by atoms with van der Waals surface area (Å²) in [6.07, 6.45) is 8.21. The molecule has 2 aromatic rings. The van der Waals surface area contributed by atoms with Gasteiger partial charge in [-0.25, -0.2) is 0 Å². The Morgan fingerprint density at radius 2 is 1.84 bits per heavy atom. The number of carbonyl (C=O) groups is 2. The van der Waals surface area contributed by atoms with Crippen molar-refractivity contribution in [1.82, 2.24) is 14.8 Å². The summed E-state index contributed by atoms with van der Waals surface area (Å²) in [6, 6.07) is 11.0. The van der Waals surface area contributed by atoms with E-state index in [-0.39, 0.29) is 23.0 Å². The minimum Gasteiger partial charge on any atom is -0.483 e. The van der Waals surface area contributed by atoms with Crippen LogP contribution in [0.1, 0.15) is 54.6 Å². The number of carbonyl (C=O) groups excluding carboxylic acids is 2. The van der Waals surface area contributed by atoms with Crippen molar-refractivity contribution < 1.29 is 14.3 Å². The van der Waals surface area contributed by atoms with E-state index >= 15 is 0 Å². The van der Waals surface area contributed by atoms with Gasteiger partial charge in [-0.05, 0) is 24.3 Å². The fourth-order valence-electron chi connectivity index (χ4n) is 4.53. The summed E-state index contributed by atoms with van der Waals surface area (Å²) >= 11 is 0. The summed E-state index contributed by atoms with van der Waals surface area (Å²) in [5.74, 6) is 0.619. The number of ether oxygens (including phenoxy) is 1. The zero-order valence-corrected chi connectivity index (χ0v) is 18.4. The number of hydrogen-bond acceptors (Lipinski definition) is 4. The zero-order valence-electron chi connectivity index (χ0n) is 18.4. The van der Waals surface area contributed by atoms with Gasteiger partial charge in [-0.2, -0.15) is 0 Å². The molecule has 4 rings (SSSR count). The van der Waals surface area contributed by atoms with Crippen LogP contribution in [0.4, 0.5) is 0 Å². The number of amides is 2. The van der Waals surface area contributed by atoms with Crippen LogP contribution < -0.4 is 15.5 Å². The van der Waals surface area contributed by atoms with Crippen LogP contribution in [0, 0.1) is 5.92 Å². The topological polar surface area (TPSA) is 80.6 Å². The molecule has 2 heterocycles. The van der Waals surface area contributed by atoms with Crippen LogP contribution in [0.25, 0.3) is 0 Å². The number of rotatable bonds is 8. The normalized spacial score (nSPS) is 16.5. The fraction of sp³-hybridized carbons (Fsp3) is 0.480. The molecule has 0 spiro atoms. The standard InChI is InChI=1S/C25H31N3O4/c29-22-16-21-25(31)27(12-11-26-24(30)15-19-7-3-1-4-8-19)13-14-28(21)17-23(22)32-18-20-9-5-2-6-10-20/h2,5-6,9-10,16-17,19H,1,3-4,7-8,11-15,18H2,(H,26,30). The number of fused-ring (bicyclic) bond motifs is 1.